The molecular formula is C89H110N18O9. The zero-order valence-electron chi connectivity index (χ0n) is 69.9. The number of hydrogen-bond acceptors (Lipinski definition) is 23. The average Bonchev–Trinajstić information content (AvgIpc) is 0.925. The van der Waals surface area contributed by atoms with Crippen LogP contribution in [0.1, 0.15) is 78.7 Å². The van der Waals surface area contributed by atoms with Crippen molar-refractivity contribution >= 4 is 73.3 Å². The van der Waals surface area contributed by atoms with E-state index < -0.39 is 11.2 Å². The molecule has 1 amide bonds. The molecule has 3 aliphatic heterocycles. The molecule has 3 saturated heterocycles. The van der Waals surface area contributed by atoms with Crippen molar-refractivity contribution in [3.8, 4) is 68.3 Å². The molecule has 27 nitrogen and oxygen atoms in total. The monoisotopic (exact) mass is 1570 g/mol. The van der Waals surface area contributed by atoms with Gasteiger partial charge in [0.25, 0.3) is 0 Å². The van der Waals surface area contributed by atoms with Gasteiger partial charge in [0.1, 0.15) is 40.1 Å². The van der Waals surface area contributed by atoms with Gasteiger partial charge in [0.15, 0.2) is 0 Å². The minimum atomic E-state index is -0.551. The van der Waals surface area contributed by atoms with Gasteiger partial charge in [-0.25, -0.2) is 19.7 Å². The molecular weight excluding hydrogens is 1470 g/mol. The van der Waals surface area contributed by atoms with Gasteiger partial charge in [-0.1, -0.05) is 13.8 Å². The predicted molar refractivity (Wildman–Crippen MR) is 456 cm³/mol. The number of aromatic nitrogens is 12. The summed E-state index contributed by atoms with van der Waals surface area (Å²) in [5, 5.41) is 12.8. The van der Waals surface area contributed by atoms with Crippen LogP contribution in [0, 0.1) is 18.8 Å². The molecule has 6 aromatic heterocycles. The molecule has 27 heteroatoms. The fourth-order valence-corrected chi connectivity index (χ4v) is 15.7. The van der Waals surface area contributed by atoms with E-state index in [2.05, 4.69) is 118 Å². The second-order valence-electron chi connectivity index (χ2n) is 31.5. The van der Waals surface area contributed by atoms with Gasteiger partial charge in [-0.05, 0) is 152 Å². The lowest BCUT2D eigenvalue weighted by Gasteiger charge is -2.44. The van der Waals surface area contributed by atoms with Crippen molar-refractivity contribution in [3.63, 3.8) is 0 Å². The maximum absolute atomic E-state index is 12.8. The second kappa shape index (κ2) is 36.9. The summed E-state index contributed by atoms with van der Waals surface area (Å²) in [7, 11) is 17.5. The second-order valence-corrected chi connectivity index (χ2v) is 31.5. The Bertz CT molecular complexity index is 5280. The molecule has 15 rings (SSSR count). The predicted octanol–water partition coefficient (Wildman–Crippen LogP) is 15.7. The van der Waals surface area contributed by atoms with Gasteiger partial charge in [0.05, 0.1) is 148 Å². The van der Waals surface area contributed by atoms with Crippen LogP contribution in [0.5, 0.6) is 34.5 Å². The summed E-state index contributed by atoms with van der Waals surface area (Å²) in [4.78, 5) is 55.3. The number of carbonyl (C=O) groups is 1. The summed E-state index contributed by atoms with van der Waals surface area (Å²) >= 11 is 0. The first kappa shape index (κ1) is 82.3. The number of anilines is 6. The number of ether oxygens (including phenoxy) is 8. The molecule has 0 radical (unpaired) electrons. The van der Waals surface area contributed by atoms with E-state index in [4.69, 9.17) is 52.8 Å². The molecule has 3 fully saturated rings. The van der Waals surface area contributed by atoms with E-state index in [9.17, 15) is 4.79 Å². The molecule has 0 saturated carbocycles. The molecule has 0 aliphatic carbocycles. The van der Waals surface area contributed by atoms with E-state index in [0.717, 1.165) is 187 Å². The Morgan fingerprint density at radius 1 is 0.474 bits per heavy atom. The fourth-order valence-electron chi connectivity index (χ4n) is 15.7. The highest BCUT2D eigenvalue weighted by molar-refractivity contribution is 5.86. The Balaban J connectivity index is 0.000000152. The molecule has 0 unspecified atom stereocenters. The van der Waals surface area contributed by atoms with Gasteiger partial charge < -0.3 is 67.3 Å². The quantitative estimate of drug-likeness (QED) is 0.0516. The SMILES string of the molecule is COc1cc(OC)c(C)c(N(CCCN2CCCC2)c2ccc3ncc(-c4cnn(C)c4)nc3c2)c1.COc1cc(OC)cc(N(CC2(OC)CCN(C(=O)OC(C)(C)C)CC2)c2ccc3ncc(-c4cnn(C)c4)nc3c2)c1.COc1cc(OC)cc(N(CCN2C[C@H](C)C[C@H](C)C2)c2ccc3ncc(-c4cnn(C)c4)nc3c2)c1. The average molecular weight is 1580 g/mol. The number of benzene rings is 6. The van der Waals surface area contributed by atoms with Crippen LogP contribution in [0.3, 0.4) is 0 Å². The summed E-state index contributed by atoms with van der Waals surface area (Å²) in [5.74, 6) is 5.89. The number of carbonyl (C=O) groups excluding carboxylic acids is 1. The smallest absolute Gasteiger partial charge is 0.410 e. The van der Waals surface area contributed by atoms with Gasteiger partial charge in [-0.3, -0.25) is 29.0 Å². The molecule has 0 spiro atoms. The number of amides is 1. The van der Waals surface area contributed by atoms with Gasteiger partial charge in [0.2, 0.25) is 0 Å². The normalized spacial score (nSPS) is 15.6. The zero-order chi connectivity index (χ0) is 81.8. The Morgan fingerprint density at radius 2 is 0.905 bits per heavy atom. The third kappa shape index (κ3) is 20.1. The molecule has 2 atom stereocenters. The van der Waals surface area contributed by atoms with E-state index in [0.29, 0.717) is 44.0 Å². The summed E-state index contributed by atoms with van der Waals surface area (Å²) in [5.41, 5.74) is 16.1. The van der Waals surface area contributed by atoms with Gasteiger partial charge >= 0.3 is 6.09 Å². The van der Waals surface area contributed by atoms with Crippen LogP contribution < -0.4 is 43.1 Å². The number of piperidine rings is 2. The zero-order valence-corrected chi connectivity index (χ0v) is 69.9. The van der Waals surface area contributed by atoms with Crippen LogP contribution in [0.2, 0.25) is 0 Å². The first-order chi connectivity index (χ1) is 56.0. The Labute approximate surface area is 680 Å². The number of aryl methyl sites for hydroxylation is 3. The van der Waals surface area contributed by atoms with Crippen molar-refractivity contribution in [2.24, 2.45) is 33.0 Å². The van der Waals surface area contributed by atoms with Crippen molar-refractivity contribution in [1.29, 1.82) is 0 Å². The van der Waals surface area contributed by atoms with Crippen LogP contribution >= 0.6 is 0 Å². The van der Waals surface area contributed by atoms with E-state index in [1.807, 2.05) is 146 Å². The highest BCUT2D eigenvalue weighted by Crippen LogP contribution is 2.42. The number of hydrogen-bond donors (Lipinski definition) is 0. The number of nitrogens with zero attached hydrogens (tertiary/aromatic N) is 18. The number of likely N-dealkylation sites (tertiary alicyclic amines) is 3. The van der Waals surface area contributed by atoms with Crippen LogP contribution in [-0.2, 0) is 30.6 Å². The van der Waals surface area contributed by atoms with Crippen molar-refractivity contribution < 1.29 is 42.7 Å². The molecule has 6 aromatic carbocycles. The van der Waals surface area contributed by atoms with Crippen molar-refractivity contribution in [1.82, 2.24) is 73.9 Å². The molecule has 116 heavy (non-hydrogen) atoms. The maximum Gasteiger partial charge on any atom is 0.410 e. The fraction of sp³-hybridized carbons (Fsp3) is 0.416. The van der Waals surface area contributed by atoms with Gasteiger partial charge in [-0.15, -0.1) is 0 Å². The Kier molecular flexibility index (Phi) is 26.1. The summed E-state index contributed by atoms with van der Waals surface area (Å²) in [6.45, 7) is 22.4. The van der Waals surface area contributed by atoms with Gasteiger partial charge in [0, 0.05) is 192 Å². The van der Waals surface area contributed by atoms with Gasteiger partial charge in [-0.2, -0.15) is 15.3 Å². The lowest BCUT2D eigenvalue weighted by Crippen LogP contribution is -2.53. The van der Waals surface area contributed by atoms with E-state index >= 15 is 0 Å². The van der Waals surface area contributed by atoms with E-state index in [1.54, 1.807) is 81.1 Å². The molecule has 610 valence electrons. The first-order valence-electron chi connectivity index (χ1n) is 39.7. The highest BCUT2D eigenvalue weighted by atomic mass is 16.6. The third-order valence-electron chi connectivity index (χ3n) is 21.7. The highest BCUT2D eigenvalue weighted by Gasteiger charge is 2.40. The number of fused-ring (bicyclic) bond motifs is 3. The van der Waals surface area contributed by atoms with E-state index in [1.165, 1.54) is 32.4 Å². The minimum absolute atomic E-state index is 0.302. The molecule has 12 aromatic rings. The Hall–Kier alpha value is -11.7. The van der Waals surface area contributed by atoms with Crippen LogP contribution in [0.15, 0.2) is 159 Å². The van der Waals surface area contributed by atoms with Crippen LogP contribution in [0.4, 0.5) is 38.9 Å². The standard InChI is InChI=1S/C32H40N6O5.C29H36N6O2.C28H34N6O2/c1-31(2,3)43-30(39)37-12-10-32(42-7,11-13-37)21-38(24-14-25(40-5)17-26(15-24)41-6)23-8-9-27-28(16-23)35-29(19-33-27)22-18-34-36(4)20-22;1-20-10-21(2)18-34(17-20)8-9-35(24-11-25(36-4)14-26(12-24)37-5)23-6-7-27-28(13-23)32-29(16-30-27)22-15-31-33(3)19-22;1-20-27(15-23(35-3)16-28(20)36-4)34(13-7-12-33-10-5-6-11-33)22-8-9-24-25(14-22)31-26(18-29-24)21-17-30-32(2)19-21/h8-9,14-20H,10-13,21H2,1-7H3;6-7,11-16,19-21H,8-10,17-18H2,1-5H3;8-9,14-19H,5-7,10-13H2,1-4H3/t;20-,21+;. The summed E-state index contributed by atoms with van der Waals surface area (Å²) < 4.78 is 50.9. The van der Waals surface area contributed by atoms with Crippen LogP contribution in [0.25, 0.3) is 66.9 Å². The number of methoxy groups -OCH3 is 7. The molecule has 9 heterocycles. The molecule has 0 N–H and O–H groups in total. The molecule has 0 bridgehead atoms. The summed E-state index contributed by atoms with van der Waals surface area (Å²) in [6, 6.07) is 34.5. The van der Waals surface area contributed by atoms with Crippen LogP contribution in [-0.4, -0.2) is 213 Å². The van der Waals surface area contributed by atoms with Crippen molar-refractivity contribution in [2.75, 3.05) is 136 Å². The van der Waals surface area contributed by atoms with Crippen molar-refractivity contribution in [3.05, 3.63) is 164 Å². The maximum atomic E-state index is 12.8. The lowest BCUT2D eigenvalue weighted by molar-refractivity contribution is -0.0538. The topological polar surface area (TPSA) is 241 Å². The Morgan fingerprint density at radius 3 is 1.32 bits per heavy atom. The molecule has 3 aliphatic rings. The largest absolute Gasteiger partial charge is 0.497 e. The number of rotatable bonds is 25. The first-order valence-corrected chi connectivity index (χ1v) is 39.7. The van der Waals surface area contributed by atoms with Crippen molar-refractivity contribution in [2.45, 2.75) is 91.3 Å². The van der Waals surface area contributed by atoms with E-state index in [-0.39, 0.29) is 6.09 Å². The minimum Gasteiger partial charge on any atom is -0.497 e. The summed E-state index contributed by atoms with van der Waals surface area (Å²) in [6.07, 6.45) is 22.6. The lowest BCUT2D eigenvalue weighted by atomic mass is 9.90. The third-order valence-corrected chi connectivity index (χ3v) is 21.7.